The zero-order chi connectivity index (χ0) is 24.6. The van der Waals surface area contributed by atoms with Crippen molar-refractivity contribution < 1.29 is 38.1 Å². The highest BCUT2D eigenvalue weighted by Gasteiger charge is 2.30. The average molecular weight is 471 g/mol. The molecule has 0 fully saturated rings. The van der Waals surface area contributed by atoms with Crippen LogP contribution >= 0.6 is 7.60 Å². The fraction of sp³-hybridized carbons (Fsp3) is 0.550. The van der Waals surface area contributed by atoms with Crippen LogP contribution in [0.3, 0.4) is 0 Å². The van der Waals surface area contributed by atoms with Crippen molar-refractivity contribution in [3.05, 3.63) is 30.1 Å². The summed E-state index contributed by atoms with van der Waals surface area (Å²) in [6.07, 6.45) is 2.54. The maximum absolute atomic E-state index is 12.9. The number of rotatable bonds is 11. The lowest BCUT2D eigenvalue weighted by Crippen LogP contribution is -2.57. The smallest absolute Gasteiger partial charge is 0.345 e. The SMILES string of the molecule is CC(=O)N[C@@H](Cc1cc[n+](CP(=O)(O)O)cc1)C(=O)N[C@H](C(=O)N[C@@H](C)C(C)=O)C(C)C. The summed E-state index contributed by atoms with van der Waals surface area (Å²) in [5.74, 6) is -2.01. The summed E-state index contributed by atoms with van der Waals surface area (Å²) in [6, 6.07) is 0.569. The summed E-state index contributed by atoms with van der Waals surface area (Å²) < 4.78 is 12.4. The third-order valence-electron chi connectivity index (χ3n) is 4.66. The summed E-state index contributed by atoms with van der Waals surface area (Å²) in [5, 5.41) is 7.76. The van der Waals surface area contributed by atoms with Crippen molar-refractivity contribution in [3.8, 4) is 0 Å². The van der Waals surface area contributed by atoms with Crippen molar-refractivity contribution in [2.24, 2.45) is 5.92 Å². The van der Waals surface area contributed by atoms with Gasteiger partial charge in [0.1, 0.15) is 12.1 Å². The van der Waals surface area contributed by atoms with Crippen LogP contribution in [0.15, 0.2) is 24.5 Å². The number of hydrogen-bond acceptors (Lipinski definition) is 5. The maximum atomic E-state index is 12.9. The molecular formula is C20H32N4O7P+. The first-order valence-corrected chi connectivity index (χ1v) is 11.9. The van der Waals surface area contributed by atoms with Crippen LogP contribution in [0.2, 0.25) is 0 Å². The van der Waals surface area contributed by atoms with Crippen molar-refractivity contribution in [1.29, 1.82) is 0 Å². The second-order valence-electron chi connectivity index (χ2n) is 8.06. The number of carbonyl (C=O) groups is 4. The van der Waals surface area contributed by atoms with Gasteiger partial charge in [0.25, 0.3) is 0 Å². The monoisotopic (exact) mass is 471 g/mol. The number of nitrogens with one attached hydrogen (secondary N) is 3. The lowest BCUT2D eigenvalue weighted by atomic mass is 10.0. The second-order valence-corrected chi connectivity index (χ2v) is 9.67. The number of ketones is 1. The highest BCUT2D eigenvalue weighted by atomic mass is 31.2. The number of amides is 3. The molecule has 11 nitrogen and oxygen atoms in total. The topological polar surface area (TPSA) is 166 Å². The van der Waals surface area contributed by atoms with Crippen LogP contribution in [-0.2, 0) is 36.4 Å². The molecule has 0 bridgehead atoms. The van der Waals surface area contributed by atoms with E-state index in [1.165, 1.54) is 30.8 Å². The first-order chi connectivity index (χ1) is 14.7. The zero-order valence-corrected chi connectivity index (χ0v) is 19.8. The molecule has 1 rings (SSSR count). The number of carbonyl (C=O) groups excluding carboxylic acids is 4. The van der Waals surface area contributed by atoms with E-state index < -0.39 is 49.7 Å². The van der Waals surface area contributed by atoms with Crippen LogP contribution in [0.4, 0.5) is 0 Å². The van der Waals surface area contributed by atoms with Gasteiger partial charge in [-0.3, -0.25) is 23.7 Å². The van der Waals surface area contributed by atoms with Gasteiger partial charge in [0.15, 0.2) is 18.2 Å². The van der Waals surface area contributed by atoms with Crippen LogP contribution in [-0.4, -0.2) is 51.4 Å². The van der Waals surface area contributed by atoms with Gasteiger partial charge in [-0.05, 0) is 25.3 Å². The third-order valence-corrected chi connectivity index (χ3v) is 5.35. The Morgan fingerprint density at radius 1 is 0.969 bits per heavy atom. The van der Waals surface area contributed by atoms with Crippen molar-refractivity contribution in [1.82, 2.24) is 16.0 Å². The minimum atomic E-state index is -4.23. The minimum absolute atomic E-state index is 0.0957. The molecule has 0 unspecified atom stereocenters. The number of pyridine rings is 1. The van der Waals surface area contributed by atoms with E-state index >= 15 is 0 Å². The van der Waals surface area contributed by atoms with Gasteiger partial charge in [-0.25, -0.2) is 0 Å². The van der Waals surface area contributed by atoms with E-state index in [2.05, 4.69) is 16.0 Å². The van der Waals surface area contributed by atoms with Crippen molar-refractivity contribution in [2.45, 2.75) is 65.5 Å². The van der Waals surface area contributed by atoms with Gasteiger partial charge in [-0.1, -0.05) is 13.8 Å². The molecule has 0 aliphatic carbocycles. The van der Waals surface area contributed by atoms with E-state index in [1.54, 1.807) is 32.9 Å². The number of nitrogens with zero attached hydrogens (tertiary/aromatic N) is 1. The van der Waals surface area contributed by atoms with Gasteiger partial charge in [0.05, 0.1) is 6.04 Å². The molecule has 3 amide bonds. The van der Waals surface area contributed by atoms with E-state index in [0.717, 1.165) is 0 Å². The Kier molecular flexibility index (Phi) is 10.1. The molecule has 5 N–H and O–H groups in total. The normalized spacial score (nSPS) is 14.2. The molecule has 3 atom stereocenters. The molecule has 0 aliphatic heterocycles. The Bertz CT molecular complexity index is 882. The molecule has 1 heterocycles. The molecule has 0 aliphatic rings. The fourth-order valence-electron chi connectivity index (χ4n) is 2.82. The number of aromatic nitrogens is 1. The predicted molar refractivity (Wildman–Crippen MR) is 115 cm³/mol. The molecule has 1 aromatic rings. The van der Waals surface area contributed by atoms with Gasteiger partial charge in [0, 0.05) is 25.5 Å². The number of hydrogen-bond donors (Lipinski definition) is 5. The fourth-order valence-corrected chi connectivity index (χ4v) is 3.43. The van der Waals surface area contributed by atoms with E-state index in [4.69, 9.17) is 9.79 Å². The summed E-state index contributed by atoms with van der Waals surface area (Å²) in [7, 11) is -4.23. The predicted octanol–water partition coefficient (Wildman–Crippen LogP) is -0.609. The highest BCUT2D eigenvalue weighted by molar-refractivity contribution is 7.50. The Balaban J connectivity index is 2.96. The summed E-state index contributed by atoms with van der Waals surface area (Å²) in [6.45, 7) is 7.65. The summed E-state index contributed by atoms with van der Waals surface area (Å²) in [5.41, 5.74) is 0.636. The molecule has 0 saturated heterocycles. The zero-order valence-electron chi connectivity index (χ0n) is 18.9. The van der Waals surface area contributed by atoms with E-state index in [-0.39, 0.29) is 18.1 Å². The highest BCUT2D eigenvalue weighted by Crippen LogP contribution is 2.33. The molecule has 0 radical (unpaired) electrons. The van der Waals surface area contributed by atoms with Gasteiger partial charge >= 0.3 is 7.60 Å². The Morgan fingerprint density at radius 2 is 1.53 bits per heavy atom. The minimum Gasteiger partial charge on any atom is -0.345 e. The summed E-state index contributed by atoms with van der Waals surface area (Å²) in [4.78, 5) is 66.6. The Hall–Kier alpha value is -2.62. The Labute approximate surface area is 187 Å². The van der Waals surface area contributed by atoms with E-state index in [0.29, 0.717) is 5.56 Å². The quantitative estimate of drug-likeness (QED) is 0.212. The molecule has 12 heteroatoms. The van der Waals surface area contributed by atoms with Crippen molar-refractivity contribution >= 4 is 31.1 Å². The van der Waals surface area contributed by atoms with Crippen molar-refractivity contribution in [2.75, 3.05) is 0 Å². The first kappa shape index (κ1) is 27.4. The lowest BCUT2D eigenvalue weighted by Gasteiger charge is -2.26. The molecule has 0 saturated carbocycles. The van der Waals surface area contributed by atoms with E-state index in [9.17, 15) is 23.7 Å². The van der Waals surface area contributed by atoms with Crippen LogP contribution in [0, 0.1) is 5.92 Å². The second kappa shape index (κ2) is 11.8. The molecule has 1 aromatic heterocycles. The van der Waals surface area contributed by atoms with Gasteiger partial charge in [-0.2, -0.15) is 4.57 Å². The average Bonchev–Trinajstić information content (AvgIpc) is 2.64. The standard InChI is InChI=1S/C20H31N4O7P/c1-12(2)18(20(28)21-13(3)14(4)25)23-19(27)17(22-15(5)26)10-16-6-8-24(9-7-16)11-32(29,30)31/h6-9,12-13,17-18H,10-11H2,1-5H3,(H4-,21,22,23,26,27,28,29,30,31)/p+1/t13-,17-,18-/m0/s1. The van der Waals surface area contributed by atoms with Gasteiger partial charge in [0.2, 0.25) is 24.0 Å². The third kappa shape index (κ3) is 9.67. The van der Waals surface area contributed by atoms with Gasteiger partial charge in [-0.15, -0.1) is 0 Å². The molecule has 0 spiro atoms. The van der Waals surface area contributed by atoms with Crippen LogP contribution in [0.1, 0.15) is 40.2 Å². The Morgan fingerprint density at radius 3 is 1.97 bits per heavy atom. The van der Waals surface area contributed by atoms with Crippen LogP contribution in [0.25, 0.3) is 0 Å². The molecular weight excluding hydrogens is 439 g/mol. The van der Waals surface area contributed by atoms with Gasteiger partial charge < -0.3 is 25.7 Å². The largest absolute Gasteiger partial charge is 0.390 e. The van der Waals surface area contributed by atoms with Crippen molar-refractivity contribution in [3.63, 3.8) is 0 Å². The lowest BCUT2D eigenvalue weighted by molar-refractivity contribution is -0.680. The first-order valence-electron chi connectivity index (χ1n) is 10.1. The van der Waals surface area contributed by atoms with Crippen LogP contribution < -0.4 is 20.5 Å². The maximum Gasteiger partial charge on any atom is 0.390 e. The number of Topliss-reactive ketones (excluding diaryl/α,β-unsaturated/α-hetero) is 1. The molecule has 0 aromatic carbocycles. The van der Waals surface area contributed by atoms with E-state index in [1.807, 2.05) is 0 Å². The molecule has 178 valence electrons. The van der Waals surface area contributed by atoms with Crippen LogP contribution in [0.5, 0.6) is 0 Å². The summed E-state index contributed by atoms with van der Waals surface area (Å²) >= 11 is 0. The molecule has 32 heavy (non-hydrogen) atoms.